The van der Waals surface area contributed by atoms with Crippen molar-refractivity contribution >= 4 is 11.8 Å². The highest BCUT2D eigenvalue weighted by Gasteiger charge is 2.28. The molecular formula is C8H9NO2. The predicted octanol–water partition coefficient (Wildman–Crippen LogP) is 0.513. The fourth-order valence-electron chi connectivity index (χ4n) is 1.43. The van der Waals surface area contributed by atoms with Crippen molar-refractivity contribution in [1.29, 1.82) is 0 Å². The van der Waals surface area contributed by atoms with Crippen LogP contribution in [-0.2, 0) is 9.59 Å². The molecule has 2 aliphatic rings. The third-order valence-corrected chi connectivity index (χ3v) is 2.25. The monoisotopic (exact) mass is 151 g/mol. The number of hydrogen-bond donors (Lipinski definition) is 1. The summed E-state index contributed by atoms with van der Waals surface area (Å²) in [5.41, 5.74) is 1.93. The Balaban J connectivity index is 2.27. The molecule has 0 spiro atoms. The summed E-state index contributed by atoms with van der Waals surface area (Å²) in [6.45, 7) is 0. The summed E-state index contributed by atoms with van der Waals surface area (Å²) in [5.74, 6) is -0.311. The Morgan fingerprint density at radius 1 is 1.18 bits per heavy atom. The van der Waals surface area contributed by atoms with E-state index in [0.717, 1.165) is 18.4 Å². The SMILES string of the molecule is O=C1CC(=C2CCC2)C(=O)N1. The molecule has 1 saturated heterocycles. The van der Waals surface area contributed by atoms with E-state index in [1.165, 1.54) is 12.0 Å². The topological polar surface area (TPSA) is 46.2 Å². The van der Waals surface area contributed by atoms with E-state index in [0.29, 0.717) is 6.42 Å². The second kappa shape index (κ2) is 2.19. The second-order valence-electron chi connectivity index (χ2n) is 2.99. The maximum Gasteiger partial charge on any atom is 0.254 e. The molecule has 11 heavy (non-hydrogen) atoms. The minimum atomic E-state index is -0.162. The van der Waals surface area contributed by atoms with Crippen LogP contribution in [0.4, 0.5) is 0 Å². The van der Waals surface area contributed by atoms with Crippen LogP contribution in [0.15, 0.2) is 11.1 Å². The lowest BCUT2D eigenvalue weighted by Crippen LogP contribution is -2.20. The second-order valence-corrected chi connectivity index (χ2v) is 2.99. The molecule has 1 aliphatic carbocycles. The molecule has 2 fully saturated rings. The van der Waals surface area contributed by atoms with E-state index in [9.17, 15) is 9.59 Å². The molecule has 58 valence electrons. The fourth-order valence-corrected chi connectivity index (χ4v) is 1.43. The smallest absolute Gasteiger partial charge is 0.254 e. The van der Waals surface area contributed by atoms with Gasteiger partial charge in [0.2, 0.25) is 5.91 Å². The molecule has 1 heterocycles. The summed E-state index contributed by atoms with van der Waals surface area (Å²) in [4.78, 5) is 21.8. The van der Waals surface area contributed by atoms with Gasteiger partial charge in [-0.3, -0.25) is 14.9 Å². The molecule has 2 amide bonds. The molecule has 3 nitrogen and oxygen atoms in total. The van der Waals surface area contributed by atoms with E-state index >= 15 is 0 Å². The highest BCUT2D eigenvalue weighted by Crippen LogP contribution is 2.31. The zero-order valence-electron chi connectivity index (χ0n) is 6.14. The number of amides is 2. The minimum absolute atomic E-state index is 0.149. The van der Waals surface area contributed by atoms with Crippen molar-refractivity contribution in [2.75, 3.05) is 0 Å². The summed E-state index contributed by atoms with van der Waals surface area (Å²) in [6.07, 6.45) is 3.50. The zero-order chi connectivity index (χ0) is 7.84. The number of hydrogen-bond acceptors (Lipinski definition) is 2. The molecule has 0 aromatic heterocycles. The van der Waals surface area contributed by atoms with E-state index in [1.54, 1.807) is 0 Å². The Hall–Kier alpha value is -1.12. The Labute approximate surface area is 64.5 Å². The number of nitrogens with one attached hydrogen (secondary N) is 1. The van der Waals surface area contributed by atoms with Crippen LogP contribution in [0.25, 0.3) is 0 Å². The van der Waals surface area contributed by atoms with Gasteiger partial charge in [0.1, 0.15) is 0 Å². The van der Waals surface area contributed by atoms with Crippen LogP contribution in [0.2, 0.25) is 0 Å². The van der Waals surface area contributed by atoms with Crippen molar-refractivity contribution in [2.45, 2.75) is 25.7 Å². The first-order valence-corrected chi connectivity index (χ1v) is 3.82. The average Bonchev–Trinajstić information content (AvgIpc) is 2.07. The number of carbonyl (C=O) groups excluding carboxylic acids is 2. The van der Waals surface area contributed by atoms with Crippen LogP contribution in [0.1, 0.15) is 25.7 Å². The lowest BCUT2D eigenvalue weighted by molar-refractivity contribution is -0.124. The van der Waals surface area contributed by atoms with Crippen LogP contribution in [0, 0.1) is 0 Å². The number of carbonyl (C=O) groups is 2. The largest absolute Gasteiger partial charge is 0.292 e. The van der Waals surface area contributed by atoms with Gasteiger partial charge in [-0.15, -0.1) is 0 Å². The Morgan fingerprint density at radius 3 is 2.27 bits per heavy atom. The maximum absolute atomic E-state index is 11.0. The van der Waals surface area contributed by atoms with Gasteiger partial charge in [0.25, 0.3) is 5.91 Å². The van der Waals surface area contributed by atoms with Gasteiger partial charge in [-0.05, 0) is 19.3 Å². The number of imide groups is 1. The molecule has 1 aliphatic heterocycles. The molecule has 3 heteroatoms. The molecule has 2 rings (SSSR count). The molecule has 0 unspecified atom stereocenters. The lowest BCUT2D eigenvalue weighted by atomic mass is 9.87. The van der Waals surface area contributed by atoms with Gasteiger partial charge in [-0.25, -0.2) is 0 Å². The van der Waals surface area contributed by atoms with E-state index in [4.69, 9.17) is 0 Å². The quantitative estimate of drug-likeness (QED) is 0.405. The first-order chi connectivity index (χ1) is 5.27. The van der Waals surface area contributed by atoms with E-state index in [1.807, 2.05) is 0 Å². The van der Waals surface area contributed by atoms with Gasteiger partial charge in [-0.2, -0.15) is 0 Å². The van der Waals surface area contributed by atoms with Crippen molar-refractivity contribution in [3.8, 4) is 0 Å². The van der Waals surface area contributed by atoms with Gasteiger partial charge in [0.15, 0.2) is 0 Å². The van der Waals surface area contributed by atoms with E-state index in [2.05, 4.69) is 5.32 Å². The predicted molar refractivity (Wildman–Crippen MR) is 38.6 cm³/mol. The number of rotatable bonds is 0. The Kier molecular flexibility index (Phi) is 1.31. The summed E-state index contributed by atoms with van der Waals surface area (Å²) in [6, 6.07) is 0. The molecule has 0 radical (unpaired) electrons. The van der Waals surface area contributed by atoms with Crippen molar-refractivity contribution in [2.24, 2.45) is 0 Å². The molecule has 1 N–H and O–H groups in total. The summed E-state index contributed by atoms with van der Waals surface area (Å²) < 4.78 is 0. The van der Waals surface area contributed by atoms with Gasteiger partial charge in [0, 0.05) is 5.57 Å². The third-order valence-electron chi connectivity index (χ3n) is 2.25. The molecule has 0 aromatic carbocycles. The third kappa shape index (κ3) is 0.964. The molecule has 0 atom stereocenters. The van der Waals surface area contributed by atoms with E-state index in [-0.39, 0.29) is 11.8 Å². The van der Waals surface area contributed by atoms with Crippen molar-refractivity contribution in [3.05, 3.63) is 11.1 Å². The number of allylic oxidation sites excluding steroid dienone is 1. The van der Waals surface area contributed by atoms with Crippen LogP contribution < -0.4 is 5.32 Å². The van der Waals surface area contributed by atoms with Crippen LogP contribution >= 0.6 is 0 Å². The highest BCUT2D eigenvalue weighted by atomic mass is 16.2. The maximum atomic E-state index is 11.0. The van der Waals surface area contributed by atoms with Gasteiger partial charge in [-0.1, -0.05) is 5.57 Å². The normalized spacial score (nSPS) is 23.6. The van der Waals surface area contributed by atoms with Gasteiger partial charge in [0.05, 0.1) is 6.42 Å². The van der Waals surface area contributed by atoms with Gasteiger partial charge < -0.3 is 0 Å². The molecular weight excluding hydrogens is 142 g/mol. The van der Waals surface area contributed by atoms with Crippen molar-refractivity contribution < 1.29 is 9.59 Å². The summed E-state index contributed by atoms with van der Waals surface area (Å²) in [7, 11) is 0. The average molecular weight is 151 g/mol. The van der Waals surface area contributed by atoms with Crippen LogP contribution in [0.3, 0.4) is 0 Å². The lowest BCUT2D eigenvalue weighted by Gasteiger charge is -2.17. The Morgan fingerprint density at radius 2 is 1.91 bits per heavy atom. The fraction of sp³-hybridized carbons (Fsp3) is 0.500. The first-order valence-electron chi connectivity index (χ1n) is 3.82. The summed E-state index contributed by atoms with van der Waals surface area (Å²) in [5, 5.41) is 2.28. The highest BCUT2D eigenvalue weighted by molar-refractivity contribution is 6.13. The molecule has 0 aromatic rings. The standard InChI is InChI=1S/C8H9NO2/c10-7-4-6(8(11)9-7)5-2-1-3-5/h1-4H2,(H,9,10,11). The van der Waals surface area contributed by atoms with E-state index < -0.39 is 0 Å². The van der Waals surface area contributed by atoms with Gasteiger partial charge >= 0.3 is 0 Å². The van der Waals surface area contributed by atoms with Crippen LogP contribution in [-0.4, -0.2) is 11.8 Å². The zero-order valence-corrected chi connectivity index (χ0v) is 6.14. The van der Waals surface area contributed by atoms with Crippen LogP contribution in [0.5, 0.6) is 0 Å². The van der Waals surface area contributed by atoms with Crippen molar-refractivity contribution in [3.63, 3.8) is 0 Å². The molecule has 1 saturated carbocycles. The van der Waals surface area contributed by atoms with Crippen molar-refractivity contribution in [1.82, 2.24) is 5.32 Å². The first kappa shape index (κ1) is 6.58. The molecule has 0 bridgehead atoms. The Bertz CT molecular complexity index is 259. The minimum Gasteiger partial charge on any atom is -0.292 e. The summed E-state index contributed by atoms with van der Waals surface area (Å²) >= 11 is 0.